The van der Waals surface area contributed by atoms with Crippen molar-refractivity contribution < 1.29 is 23.6 Å². The van der Waals surface area contributed by atoms with Crippen molar-refractivity contribution in [1.82, 2.24) is 14.8 Å². The molecule has 0 saturated heterocycles. The zero-order valence-electron chi connectivity index (χ0n) is 19.8. The average Bonchev–Trinajstić information content (AvgIpc) is 3.53. The van der Waals surface area contributed by atoms with Gasteiger partial charge in [-0.25, -0.2) is 19.7 Å². The van der Waals surface area contributed by atoms with Crippen LogP contribution >= 0.6 is 11.6 Å². The van der Waals surface area contributed by atoms with Gasteiger partial charge < -0.3 is 19.4 Å². The van der Waals surface area contributed by atoms with Gasteiger partial charge in [-0.15, -0.1) is 0 Å². The minimum absolute atomic E-state index is 0.0190. The number of carbonyl (C=O) groups excluding carboxylic acids is 1. The molecule has 0 aliphatic heterocycles. The molecule has 0 aliphatic carbocycles. The lowest BCUT2D eigenvalue weighted by atomic mass is 10.3. The first kappa shape index (κ1) is 24.4. The van der Waals surface area contributed by atoms with E-state index in [2.05, 4.69) is 33.8 Å². The Morgan fingerprint density at radius 3 is 2.71 bits per heavy atom. The predicted molar refractivity (Wildman–Crippen MR) is 130 cm³/mol. The number of H-pyrrole nitrogens is 1. The molecule has 3 aromatic heterocycles. The van der Waals surface area contributed by atoms with E-state index < -0.39 is 16.6 Å². The molecular weight excluding hydrogens is 474 g/mol. The summed E-state index contributed by atoms with van der Waals surface area (Å²) in [5.41, 5.74) is 2.36. The Morgan fingerprint density at radius 1 is 1.29 bits per heavy atom. The highest BCUT2D eigenvalue weighted by atomic mass is 35.5. The molecule has 12 heteroatoms. The van der Waals surface area contributed by atoms with Crippen LogP contribution in [0.5, 0.6) is 0 Å². The molecule has 3 N–H and O–H groups in total. The summed E-state index contributed by atoms with van der Waals surface area (Å²) in [5, 5.41) is 17.9. The number of fused-ring (bicyclic) bond motifs is 1. The molecule has 0 aliphatic rings. The number of anilines is 1. The minimum Gasteiger partial charge on any atom is -0.452 e. The summed E-state index contributed by atoms with van der Waals surface area (Å²) in [4.78, 5) is 28.2. The Morgan fingerprint density at radius 2 is 2.03 bits per heavy atom. The fourth-order valence-corrected chi connectivity index (χ4v) is 4.22. The fourth-order valence-electron chi connectivity index (χ4n) is 4.02. The van der Waals surface area contributed by atoms with E-state index in [1.54, 1.807) is 19.1 Å². The number of furan rings is 1. The van der Waals surface area contributed by atoms with E-state index in [-0.39, 0.29) is 17.3 Å². The molecular formula is C23H28ClN7O4+2. The van der Waals surface area contributed by atoms with Crippen molar-refractivity contribution in [2.24, 2.45) is 0 Å². The number of carbonyl (C=O) groups is 1. The lowest BCUT2D eigenvalue weighted by Gasteiger charge is -2.14. The number of amides is 1. The molecule has 0 bridgehead atoms. The average molecular weight is 502 g/mol. The lowest BCUT2D eigenvalue weighted by Crippen LogP contribution is -3.12. The van der Waals surface area contributed by atoms with Crippen LogP contribution in [0.3, 0.4) is 0 Å². The Bertz CT molecular complexity index is 1370. The summed E-state index contributed by atoms with van der Waals surface area (Å²) < 4.78 is 9.16. The van der Waals surface area contributed by atoms with E-state index in [0.29, 0.717) is 17.4 Å². The van der Waals surface area contributed by atoms with Crippen LogP contribution in [0.2, 0.25) is 5.02 Å². The number of imidazole rings is 1. The van der Waals surface area contributed by atoms with Crippen molar-refractivity contribution in [2.75, 3.05) is 25.0 Å². The number of hydrogen-bond acceptors (Lipinski definition) is 5. The summed E-state index contributed by atoms with van der Waals surface area (Å²) in [6.45, 7) is 9.77. The number of likely N-dealkylation sites (N-methyl/N-ethyl adjacent to an activating group) is 1. The van der Waals surface area contributed by atoms with E-state index >= 15 is 0 Å². The third-order valence-electron chi connectivity index (χ3n) is 6.12. The molecule has 0 unspecified atom stereocenters. The zero-order valence-corrected chi connectivity index (χ0v) is 20.6. The molecule has 184 valence electrons. The first-order valence-corrected chi connectivity index (χ1v) is 11.8. The number of nitro groups is 1. The molecule has 0 atom stereocenters. The van der Waals surface area contributed by atoms with Crippen molar-refractivity contribution in [1.29, 1.82) is 0 Å². The topological polar surface area (TPSA) is 127 Å². The minimum atomic E-state index is -0.635. The molecule has 0 saturated carbocycles. The number of nitrogens with one attached hydrogen (secondary N) is 3. The molecule has 11 nitrogen and oxygen atoms in total. The van der Waals surface area contributed by atoms with Crippen LogP contribution in [0.1, 0.15) is 35.9 Å². The summed E-state index contributed by atoms with van der Waals surface area (Å²) in [6, 6.07) is 11.1. The number of halogens is 1. The Labute approximate surface area is 206 Å². The molecule has 0 fully saturated rings. The normalized spacial score (nSPS) is 11.5. The van der Waals surface area contributed by atoms with Crippen LogP contribution in [0, 0.1) is 17.0 Å². The summed E-state index contributed by atoms with van der Waals surface area (Å²) in [6.07, 6.45) is 0. The number of quaternary nitrogens is 1. The molecule has 35 heavy (non-hydrogen) atoms. The van der Waals surface area contributed by atoms with Crippen LogP contribution in [-0.4, -0.2) is 45.2 Å². The van der Waals surface area contributed by atoms with Crippen molar-refractivity contribution >= 4 is 40.3 Å². The highest BCUT2D eigenvalue weighted by Gasteiger charge is 2.26. The van der Waals surface area contributed by atoms with Gasteiger partial charge >= 0.3 is 17.7 Å². The quantitative estimate of drug-likeness (QED) is 0.174. The number of aromatic nitrogens is 4. The van der Waals surface area contributed by atoms with E-state index in [1.807, 2.05) is 24.3 Å². The number of aromatic amines is 1. The van der Waals surface area contributed by atoms with Gasteiger partial charge in [-0.1, -0.05) is 23.7 Å². The second-order valence-corrected chi connectivity index (χ2v) is 8.59. The van der Waals surface area contributed by atoms with Gasteiger partial charge in [0.05, 0.1) is 23.9 Å². The first-order valence-electron chi connectivity index (χ1n) is 11.4. The van der Waals surface area contributed by atoms with Gasteiger partial charge in [0.15, 0.2) is 5.02 Å². The number of nitrogens with zero attached hydrogens (tertiary/aromatic N) is 4. The van der Waals surface area contributed by atoms with Crippen molar-refractivity contribution in [3.05, 3.63) is 68.7 Å². The van der Waals surface area contributed by atoms with Gasteiger partial charge in [-0.3, -0.25) is 0 Å². The van der Waals surface area contributed by atoms with Gasteiger partial charge in [0.25, 0.3) is 0 Å². The van der Waals surface area contributed by atoms with Crippen LogP contribution in [0.25, 0.3) is 11.0 Å². The molecule has 0 spiro atoms. The largest absolute Gasteiger partial charge is 0.452 e. The van der Waals surface area contributed by atoms with Crippen LogP contribution in [0.4, 0.5) is 11.8 Å². The number of rotatable bonds is 10. The molecule has 0 radical (unpaired) electrons. The molecule has 1 aromatic carbocycles. The number of benzene rings is 1. The van der Waals surface area contributed by atoms with Gasteiger partial charge in [0, 0.05) is 0 Å². The van der Waals surface area contributed by atoms with Gasteiger partial charge in [-0.2, -0.15) is 4.68 Å². The second-order valence-electron chi connectivity index (χ2n) is 8.21. The van der Waals surface area contributed by atoms with E-state index in [0.717, 1.165) is 37.2 Å². The highest BCUT2D eigenvalue weighted by molar-refractivity contribution is 6.33. The van der Waals surface area contributed by atoms with Gasteiger partial charge in [-0.05, 0) is 50.0 Å². The zero-order chi connectivity index (χ0) is 25.1. The van der Waals surface area contributed by atoms with E-state index in [1.165, 1.54) is 9.58 Å². The van der Waals surface area contributed by atoms with Crippen LogP contribution < -0.4 is 14.8 Å². The van der Waals surface area contributed by atoms with E-state index in [4.69, 9.17) is 16.0 Å². The van der Waals surface area contributed by atoms with Crippen molar-refractivity contribution in [2.45, 2.75) is 33.9 Å². The number of hydrogen-bond donors (Lipinski definition) is 3. The third-order valence-corrected chi connectivity index (χ3v) is 6.56. The van der Waals surface area contributed by atoms with Gasteiger partial charge in [0.1, 0.15) is 36.4 Å². The maximum Gasteiger partial charge on any atom is 0.408 e. The van der Waals surface area contributed by atoms with Crippen molar-refractivity contribution in [3.8, 4) is 0 Å². The molecule has 4 aromatic rings. The smallest absolute Gasteiger partial charge is 0.408 e. The number of para-hydroxylation sites is 2. The van der Waals surface area contributed by atoms with Gasteiger partial charge in [0.2, 0.25) is 5.76 Å². The maximum absolute atomic E-state index is 13.0. The Hall–Kier alpha value is -3.70. The standard InChI is InChI=1S/C23H26ClN7O4/c1-4-28(5-2)12-13-29-18-9-7-6-8-17(18)25-23(29)26-22(32)19-11-10-16(35-19)14-30-15(3)20(24)21(27-30)31(33)34/h6-11H,4-5,12-14H2,1-3H3,(H,25,26,32)/p+2. The monoisotopic (exact) mass is 501 g/mol. The summed E-state index contributed by atoms with van der Waals surface area (Å²) in [7, 11) is 0. The van der Waals surface area contributed by atoms with E-state index in [9.17, 15) is 14.9 Å². The molecule has 3 heterocycles. The maximum atomic E-state index is 13.0. The molecule has 1 amide bonds. The SMILES string of the molecule is CC[NH+](CC)CC[n+]1c(NC(=O)c2ccc(Cn3nc([N+](=O)[O-])c(Cl)c3C)o2)[nH]c2ccccc21. The highest BCUT2D eigenvalue weighted by Crippen LogP contribution is 2.27. The lowest BCUT2D eigenvalue weighted by molar-refractivity contribution is -0.913. The van der Waals surface area contributed by atoms with Crippen LogP contribution in [-0.2, 0) is 13.1 Å². The van der Waals surface area contributed by atoms with Crippen molar-refractivity contribution in [3.63, 3.8) is 0 Å². The predicted octanol–water partition coefficient (Wildman–Crippen LogP) is 2.34. The van der Waals surface area contributed by atoms with Crippen LogP contribution in [0.15, 0.2) is 40.8 Å². The molecule has 4 rings (SSSR count). The Balaban J connectivity index is 1.53. The Kier molecular flexibility index (Phi) is 7.17. The summed E-state index contributed by atoms with van der Waals surface area (Å²) in [5.74, 6) is 0.287. The second kappa shape index (κ2) is 10.3. The fraction of sp³-hybridized carbons (Fsp3) is 0.348. The first-order chi connectivity index (χ1) is 16.8. The third kappa shape index (κ3) is 5.05. The summed E-state index contributed by atoms with van der Waals surface area (Å²) >= 11 is 6.01.